The number of halogens is 1. The first-order valence-corrected chi connectivity index (χ1v) is 5.64. The zero-order valence-electron chi connectivity index (χ0n) is 10.2. The van der Waals surface area contributed by atoms with E-state index >= 15 is 0 Å². The monoisotopic (exact) mass is 274 g/mol. The molecule has 8 heteroatoms. The molecule has 0 radical (unpaired) electrons. The van der Waals surface area contributed by atoms with Crippen molar-refractivity contribution in [3.05, 3.63) is 21.7 Å². The van der Waals surface area contributed by atoms with E-state index < -0.39 is 5.56 Å². The van der Waals surface area contributed by atoms with Crippen LogP contribution in [0.5, 0.6) is 0 Å². The van der Waals surface area contributed by atoms with Crippen molar-refractivity contribution in [1.29, 1.82) is 0 Å². The first-order chi connectivity index (χ1) is 8.56. The Balaban J connectivity index is 2.59. The molecule has 0 atom stereocenters. The second-order valence-corrected chi connectivity index (χ2v) is 3.95. The summed E-state index contributed by atoms with van der Waals surface area (Å²) in [6.45, 7) is 0.930. The van der Waals surface area contributed by atoms with Gasteiger partial charge >= 0.3 is 0 Å². The van der Waals surface area contributed by atoms with Crippen molar-refractivity contribution in [3.63, 3.8) is 0 Å². The lowest BCUT2D eigenvalue weighted by molar-refractivity contribution is -0.119. The molecule has 0 saturated carbocycles. The molecule has 1 rings (SSSR count). The van der Waals surface area contributed by atoms with E-state index in [2.05, 4.69) is 15.3 Å². The van der Waals surface area contributed by atoms with Gasteiger partial charge in [-0.15, -0.1) is 0 Å². The van der Waals surface area contributed by atoms with Crippen LogP contribution in [0.3, 0.4) is 0 Å². The van der Waals surface area contributed by atoms with Crippen LogP contribution in [0, 0.1) is 0 Å². The molecule has 0 saturated heterocycles. The number of nitrogens with zero attached hydrogens (tertiary/aromatic N) is 2. The fourth-order valence-corrected chi connectivity index (χ4v) is 1.53. The number of anilines is 1. The summed E-state index contributed by atoms with van der Waals surface area (Å²) in [5, 5.41) is 2.62. The second kappa shape index (κ2) is 6.97. The van der Waals surface area contributed by atoms with E-state index in [0.29, 0.717) is 13.2 Å². The van der Waals surface area contributed by atoms with Gasteiger partial charge in [0.2, 0.25) is 5.91 Å². The predicted molar refractivity (Wildman–Crippen MR) is 68.0 cm³/mol. The molecule has 100 valence electrons. The molecule has 0 aliphatic heterocycles. The number of hydrogen-bond donors (Lipinski definition) is 2. The quantitative estimate of drug-likeness (QED) is 0.691. The topological polar surface area (TPSA) is 87.3 Å². The van der Waals surface area contributed by atoms with Gasteiger partial charge in [-0.3, -0.25) is 9.59 Å². The van der Waals surface area contributed by atoms with Crippen molar-refractivity contribution in [2.24, 2.45) is 0 Å². The van der Waals surface area contributed by atoms with Crippen LogP contribution in [0.2, 0.25) is 5.02 Å². The normalized spacial score (nSPS) is 10.2. The summed E-state index contributed by atoms with van der Waals surface area (Å²) in [6.07, 6.45) is 1.24. The van der Waals surface area contributed by atoms with E-state index in [1.54, 1.807) is 14.2 Å². The van der Waals surface area contributed by atoms with Crippen LogP contribution in [0.1, 0.15) is 0 Å². The molecular weight excluding hydrogens is 260 g/mol. The maximum Gasteiger partial charge on any atom is 0.271 e. The minimum atomic E-state index is -0.437. The average Bonchev–Trinajstić information content (AvgIpc) is 2.32. The zero-order valence-corrected chi connectivity index (χ0v) is 11.0. The Hall–Kier alpha value is -1.60. The molecule has 0 fully saturated rings. The molecule has 1 amide bonds. The number of methoxy groups -OCH3 is 1. The molecule has 0 aromatic carbocycles. The maximum atomic E-state index is 11.5. The lowest BCUT2D eigenvalue weighted by Gasteiger charge is -2.17. The van der Waals surface area contributed by atoms with E-state index in [1.807, 2.05) is 0 Å². The number of hydrogen-bond acceptors (Lipinski definition) is 5. The highest BCUT2D eigenvalue weighted by Gasteiger charge is 2.13. The smallest absolute Gasteiger partial charge is 0.271 e. The van der Waals surface area contributed by atoms with E-state index in [0.717, 1.165) is 0 Å². The maximum absolute atomic E-state index is 11.5. The lowest BCUT2D eigenvalue weighted by Crippen LogP contribution is -2.37. The number of carbonyl (C=O) groups is 1. The number of rotatable bonds is 6. The number of likely N-dealkylation sites (N-methyl/N-ethyl adjacent to an activating group) is 1. The summed E-state index contributed by atoms with van der Waals surface area (Å²) in [4.78, 5) is 30.6. The van der Waals surface area contributed by atoms with Gasteiger partial charge in [0.1, 0.15) is 5.02 Å². The van der Waals surface area contributed by atoms with Crippen molar-refractivity contribution in [2.45, 2.75) is 0 Å². The van der Waals surface area contributed by atoms with E-state index in [4.69, 9.17) is 16.3 Å². The Bertz CT molecular complexity index is 463. The molecule has 1 aromatic rings. The van der Waals surface area contributed by atoms with Gasteiger partial charge in [-0.05, 0) is 0 Å². The largest absolute Gasteiger partial charge is 0.383 e. The third-order valence-electron chi connectivity index (χ3n) is 2.15. The van der Waals surface area contributed by atoms with Gasteiger partial charge in [0.15, 0.2) is 5.82 Å². The molecule has 0 unspecified atom stereocenters. The zero-order chi connectivity index (χ0) is 13.5. The van der Waals surface area contributed by atoms with Crippen LogP contribution in [0.15, 0.2) is 11.1 Å². The molecule has 0 aliphatic carbocycles. The molecule has 1 heterocycles. The van der Waals surface area contributed by atoms with E-state index in [-0.39, 0.29) is 23.3 Å². The molecule has 18 heavy (non-hydrogen) atoms. The van der Waals surface area contributed by atoms with Gasteiger partial charge in [-0.2, -0.15) is 0 Å². The Kier molecular flexibility index (Phi) is 5.60. The summed E-state index contributed by atoms with van der Waals surface area (Å²) in [7, 11) is 3.18. The van der Waals surface area contributed by atoms with Gasteiger partial charge < -0.3 is 19.9 Å². The van der Waals surface area contributed by atoms with Gasteiger partial charge in [-0.25, -0.2) is 4.98 Å². The summed E-state index contributed by atoms with van der Waals surface area (Å²) < 4.78 is 4.81. The number of nitrogens with one attached hydrogen (secondary N) is 2. The van der Waals surface area contributed by atoms with E-state index in [9.17, 15) is 9.59 Å². The molecule has 0 aliphatic rings. The predicted octanol–water partition coefficient (Wildman–Crippen LogP) is -0.378. The molecular formula is C10H15ClN4O3. The summed E-state index contributed by atoms with van der Waals surface area (Å²) in [6, 6.07) is 0. The number of aromatic amines is 1. The SMILES string of the molecule is COCCNC(=O)CN(C)c1nc[nH]c(=O)c1Cl. The van der Waals surface area contributed by atoms with Crippen LogP contribution in [0.25, 0.3) is 0 Å². The van der Waals surface area contributed by atoms with E-state index in [1.165, 1.54) is 11.2 Å². The Morgan fingerprint density at radius 2 is 2.39 bits per heavy atom. The lowest BCUT2D eigenvalue weighted by atomic mass is 10.4. The number of H-pyrrole nitrogens is 1. The second-order valence-electron chi connectivity index (χ2n) is 3.57. The van der Waals surface area contributed by atoms with Crippen molar-refractivity contribution >= 4 is 23.3 Å². The van der Waals surface area contributed by atoms with Crippen LogP contribution in [0.4, 0.5) is 5.82 Å². The minimum Gasteiger partial charge on any atom is -0.383 e. The van der Waals surface area contributed by atoms with Crippen molar-refractivity contribution in [3.8, 4) is 0 Å². The summed E-state index contributed by atoms with van der Waals surface area (Å²) >= 11 is 5.80. The number of amides is 1. The fourth-order valence-electron chi connectivity index (χ4n) is 1.28. The number of carbonyl (C=O) groups excluding carboxylic acids is 1. The first kappa shape index (κ1) is 14.5. The number of ether oxygens (including phenoxy) is 1. The minimum absolute atomic E-state index is 0.0373. The standard InChI is InChI=1S/C10H15ClN4O3/c1-15(5-7(16)12-3-4-18-2)9-8(11)10(17)14-6-13-9/h6H,3-5H2,1-2H3,(H,12,16)(H,13,14,17). The van der Waals surface area contributed by atoms with Crippen LogP contribution in [-0.4, -0.2) is 49.7 Å². The highest BCUT2D eigenvalue weighted by Crippen LogP contribution is 2.15. The molecule has 7 nitrogen and oxygen atoms in total. The molecule has 0 spiro atoms. The Morgan fingerprint density at radius 1 is 1.67 bits per heavy atom. The Labute approximate surface area is 109 Å². The Morgan fingerprint density at radius 3 is 3.06 bits per heavy atom. The molecule has 0 bridgehead atoms. The van der Waals surface area contributed by atoms with Gasteiger partial charge in [0.25, 0.3) is 5.56 Å². The van der Waals surface area contributed by atoms with Crippen molar-refractivity contribution in [2.75, 3.05) is 38.8 Å². The summed E-state index contributed by atoms with van der Waals surface area (Å²) in [5.74, 6) is 0.0648. The highest BCUT2D eigenvalue weighted by molar-refractivity contribution is 6.32. The third kappa shape index (κ3) is 4.01. The van der Waals surface area contributed by atoms with Crippen LogP contribution >= 0.6 is 11.6 Å². The first-order valence-electron chi connectivity index (χ1n) is 5.26. The molecule has 2 N–H and O–H groups in total. The number of aromatic nitrogens is 2. The van der Waals surface area contributed by atoms with Crippen molar-refractivity contribution in [1.82, 2.24) is 15.3 Å². The van der Waals surface area contributed by atoms with Gasteiger partial charge in [-0.1, -0.05) is 11.6 Å². The van der Waals surface area contributed by atoms with Crippen molar-refractivity contribution < 1.29 is 9.53 Å². The van der Waals surface area contributed by atoms with Crippen LogP contribution < -0.4 is 15.8 Å². The summed E-state index contributed by atoms with van der Waals surface area (Å²) in [5.41, 5.74) is -0.437. The molecule has 1 aromatic heterocycles. The third-order valence-corrected chi connectivity index (χ3v) is 2.49. The fraction of sp³-hybridized carbons (Fsp3) is 0.500. The van der Waals surface area contributed by atoms with Gasteiger partial charge in [0, 0.05) is 20.7 Å². The van der Waals surface area contributed by atoms with Crippen LogP contribution in [-0.2, 0) is 9.53 Å². The van der Waals surface area contributed by atoms with Gasteiger partial charge in [0.05, 0.1) is 19.5 Å². The highest BCUT2D eigenvalue weighted by atomic mass is 35.5. The average molecular weight is 275 g/mol.